The third-order valence-corrected chi connectivity index (χ3v) is 3.21. The molecule has 0 unspecified atom stereocenters. The Morgan fingerprint density at radius 2 is 1.75 bits per heavy atom. The van der Waals surface area contributed by atoms with Gasteiger partial charge in [-0.25, -0.2) is 4.79 Å². The fourth-order valence-electron chi connectivity index (χ4n) is 2.10. The maximum atomic E-state index is 12.2. The Bertz CT molecular complexity index is 684. The molecule has 2 N–H and O–H groups in total. The van der Waals surface area contributed by atoms with Crippen molar-refractivity contribution in [1.29, 1.82) is 0 Å². The first-order chi connectivity index (χ1) is 9.61. The van der Waals surface area contributed by atoms with Gasteiger partial charge in [0.05, 0.1) is 0 Å². The van der Waals surface area contributed by atoms with E-state index < -0.39 is 0 Å². The topological polar surface area (TPSA) is 70.0 Å². The van der Waals surface area contributed by atoms with E-state index in [9.17, 15) is 9.59 Å². The number of nitrogen functional groups attached to an aromatic ring is 1. The Balaban J connectivity index is 2.20. The van der Waals surface area contributed by atoms with E-state index in [4.69, 9.17) is 5.73 Å². The van der Waals surface area contributed by atoms with Gasteiger partial charge in [0.1, 0.15) is 0 Å². The van der Waals surface area contributed by atoms with Gasteiger partial charge in [-0.1, -0.05) is 19.1 Å². The van der Waals surface area contributed by atoms with Gasteiger partial charge < -0.3 is 10.3 Å². The maximum Gasteiger partial charge on any atom is 0.330 e. The fourth-order valence-corrected chi connectivity index (χ4v) is 2.10. The third-order valence-electron chi connectivity index (χ3n) is 3.21. The monoisotopic (exact) mass is 273 g/mol. The van der Waals surface area contributed by atoms with Gasteiger partial charge in [0.15, 0.2) is 0 Å². The van der Waals surface area contributed by atoms with Gasteiger partial charge in [0.25, 0.3) is 5.56 Å². The molecular weight excluding hydrogens is 254 g/mol. The van der Waals surface area contributed by atoms with Crippen molar-refractivity contribution in [3.8, 4) is 0 Å². The van der Waals surface area contributed by atoms with Crippen molar-refractivity contribution in [2.75, 3.05) is 5.73 Å². The molecular formula is C15H19N3O2. The molecule has 0 bridgehead atoms. The number of rotatable bonds is 5. The van der Waals surface area contributed by atoms with Gasteiger partial charge in [0.2, 0.25) is 0 Å². The van der Waals surface area contributed by atoms with E-state index in [0.717, 1.165) is 12.0 Å². The molecule has 0 saturated carbocycles. The molecule has 2 rings (SSSR count). The van der Waals surface area contributed by atoms with Crippen LogP contribution in [0.25, 0.3) is 0 Å². The Morgan fingerprint density at radius 3 is 2.40 bits per heavy atom. The van der Waals surface area contributed by atoms with E-state index in [1.807, 2.05) is 31.2 Å². The maximum absolute atomic E-state index is 12.2. The minimum Gasteiger partial charge on any atom is -0.399 e. The molecule has 0 radical (unpaired) electrons. The number of benzene rings is 1. The van der Waals surface area contributed by atoms with Gasteiger partial charge >= 0.3 is 5.69 Å². The first kappa shape index (κ1) is 14.1. The Kier molecular flexibility index (Phi) is 4.40. The summed E-state index contributed by atoms with van der Waals surface area (Å²) < 4.78 is 2.86. The first-order valence-corrected chi connectivity index (χ1v) is 6.76. The van der Waals surface area contributed by atoms with Crippen molar-refractivity contribution in [2.45, 2.75) is 32.9 Å². The summed E-state index contributed by atoms with van der Waals surface area (Å²) in [6.07, 6.45) is 3.05. The smallest absolute Gasteiger partial charge is 0.330 e. The standard InChI is InChI=1S/C15H19N3O2/c1-2-9-17-10-8-14(19)18(15(17)20)11-7-12-3-5-13(16)6-4-12/h3-6,8,10H,2,7,9,11,16H2,1H3. The van der Waals surface area contributed by atoms with Crippen LogP contribution in [0.3, 0.4) is 0 Å². The van der Waals surface area contributed by atoms with Crippen molar-refractivity contribution in [2.24, 2.45) is 0 Å². The van der Waals surface area contributed by atoms with Crippen molar-refractivity contribution < 1.29 is 0 Å². The van der Waals surface area contributed by atoms with Crippen LogP contribution in [0.2, 0.25) is 0 Å². The first-order valence-electron chi connectivity index (χ1n) is 6.76. The van der Waals surface area contributed by atoms with E-state index in [-0.39, 0.29) is 11.2 Å². The van der Waals surface area contributed by atoms with Gasteiger partial charge in [-0.15, -0.1) is 0 Å². The third kappa shape index (κ3) is 3.17. The zero-order valence-corrected chi connectivity index (χ0v) is 11.6. The van der Waals surface area contributed by atoms with Gasteiger partial charge in [-0.3, -0.25) is 9.36 Å². The normalized spacial score (nSPS) is 10.7. The fraction of sp³-hybridized carbons (Fsp3) is 0.333. The lowest BCUT2D eigenvalue weighted by molar-refractivity contribution is 0.545. The molecule has 0 spiro atoms. The van der Waals surface area contributed by atoms with Crippen LogP contribution >= 0.6 is 0 Å². The zero-order valence-electron chi connectivity index (χ0n) is 11.6. The van der Waals surface area contributed by atoms with Crippen molar-refractivity contribution in [3.05, 3.63) is 62.9 Å². The van der Waals surface area contributed by atoms with Crippen LogP contribution in [0.4, 0.5) is 5.69 Å². The molecule has 0 atom stereocenters. The summed E-state index contributed by atoms with van der Waals surface area (Å²) in [6, 6.07) is 8.90. The van der Waals surface area contributed by atoms with Crippen LogP contribution in [-0.2, 0) is 19.5 Å². The van der Waals surface area contributed by atoms with Crippen molar-refractivity contribution in [1.82, 2.24) is 9.13 Å². The van der Waals surface area contributed by atoms with E-state index in [1.165, 1.54) is 10.6 Å². The SMILES string of the molecule is CCCn1ccc(=O)n(CCc2ccc(N)cc2)c1=O. The predicted molar refractivity (Wildman–Crippen MR) is 79.8 cm³/mol. The lowest BCUT2D eigenvalue weighted by Gasteiger charge is -2.09. The van der Waals surface area contributed by atoms with Crippen LogP contribution in [0.15, 0.2) is 46.1 Å². The summed E-state index contributed by atoms with van der Waals surface area (Å²) in [4.78, 5) is 24.0. The molecule has 0 aliphatic carbocycles. The van der Waals surface area contributed by atoms with E-state index >= 15 is 0 Å². The second-order valence-corrected chi connectivity index (χ2v) is 4.77. The number of nitrogens with two attached hydrogens (primary N) is 1. The minimum atomic E-state index is -0.252. The molecule has 0 saturated heterocycles. The molecule has 5 nitrogen and oxygen atoms in total. The van der Waals surface area contributed by atoms with Gasteiger partial charge in [-0.05, 0) is 30.5 Å². The lowest BCUT2D eigenvalue weighted by Crippen LogP contribution is -2.39. The summed E-state index contributed by atoms with van der Waals surface area (Å²) in [7, 11) is 0. The molecule has 1 aromatic carbocycles. The summed E-state index contributed by atoms with van der Waals surface area (Å²) in [5, 5.41) is 0. The van der Waals surface area contributed by atoms with Crippen LogP contribution in [0.1, 0.15) is 18.9 Å². The quantitative estimate of drug-likeness (QED) is 0.833. The van der Waals surface area contributed by atoms with Crippen LogP contribution in [0, 0.1) is 0 Å². The zero-order chi connectivity index (χ0) is 14.5. The summed E-state index contributed by atoms with van der Waals surface area (Å²) >= 11 is 0. The molecule has 0 aliphatic heterocycles. The second kappa shape index (κ2) is 6.23. The largest absolute Gasteiger partial charge is 0.399 e. The van der Waals surface area contributed by atoms with Crippen LogP contribution < -0.4 is 17.0 Å². The minimum absolute atomic E-state index is 0.241. The lowest BCUT2D eigenvalue weighted by atomic mass is 10.1. The van der Waals surface area contributed by atoms with E-state index in [1.54, 1.807) is 10.8 Å². The molecule has 0 fully saturated rings. The molecule has 0 aliphatic rings. The number of hydrogen-bond donors (Lipinski definition) is 1. The van der Waals surface area contributed by atoms with Crippen molar-refractivity contribution in [3.63, 3.8) is 0 Å². The van der Waals surface area contributed by atoms with Crippen LogP contribution in [-0.4, -0.2) is 9.13 Å². The average molecular weight is 273 g/mol. The molecule has 106 valence electrons. The Hall–Kier alpha value is -2.30. The Morgan fingerprint density at radius 1 is 1.05 bits per heavy atom. The van der Waals surface area contributed by atoms with E-state index in [2.05, 4.69) is 0 Å². The van der Waals surface area contributed by atoms with Crippen molar-refractivity contribution >= 4 is 5.69 Å². The molecule has 1 heterocycles. The molecule has 2 aromatic rings. The highest BCUT2D eigenvalue weighted by atomic mass is 16.2. The Labute approximate surface area is 117 Å². The number of anilines is 1. The van der Waals surface area contributed by atoms with Gasteiger partial charge in [0, 0.05) is 31.0 Å². The second-order valence-electron chi connectivity index (χ2n) is 4.77. The summed E-state index contributed by atoms with van der Waals surface area (Å²) in [5.74, 6) is 0. The summed E-state index contributed by atoms with van der Waals surface area (Å²) in [5.41, 5.74) is 6.89. The molecule has 0 amide bonds. The number of aromatic nitrogens is 2. The molecule has 20 heavy (non-hydrogen) atoms. The number of hydrogen-bond acceptors (Lipinski definition) is 3. The highest BCUT2D eigenvalue weighted by Crippen LogP contribution is 2.06. The van der Waals surface area contributed by atoms with Crippen LogP contribution in [0.5, 0.6) is 0 Å². The highest BCUT2D eigenvalue weighted by molar-refractivity contribution is 5.39. The predicted octanol–water partition coefficient (Wildman–Crippen LogP) is 1.24. The highest BCUT2D eigenvalue weighted by Gasteiger charge is 2.05. The number of nitrogens with zero attached hydrogens (tertiary/aromatic N) is 2. The summed E-state index contributed by atoms with van der Waals surface area (Å²) in [6.45, 7) is 3.00. The van der Waals surface area contributed by atoms with Gasteiger partial charge in [-0.2, -0.15) is 0 Å². The average Bonchev–Trinajstić information content (AvgIpc) is 2.44. The number of aryl methyl sites for hydroxylation is 2. The molecule has 1 aromatic heterocycles. The molecule has 5 heteroatoms. The van der Waals surface area contributed by atoms with E-state index in [0.29, 0.717) is 25.2 Å².